The molecule has 1 unspecified atom stereocenters. The molecule has 1 aromatic rings. The Morgan fingerprint density at radius 2 is 1.78 bits per heavy atom. The van der Waals surface area contributed by atoms with Crippen molar-refractivity contribution < 1.29 is 23.5 Å². The summed E-state index contributed by atoms with van der Waals surface area (Å²) in [6.45, 7) is 16.2. The molecule has 0 N–H and O–H groups in total. The van der Waals surface area contributed by atoms with E-state index >= 15 is 0 Å². The minimum Gasteiger partial charge on any atom is -0.444 e. The van der Waals surface area contributed by atoms with Gasteiger partial charge in [-0.05, 0) is 56.6 Å². The maximum Gasteiger partial charge on any atom is 0.410 e. The Morgan fingerprint density at radius 1 is 1.16 bits per heavy atom. The van der Waals surface area contributed by atoms with Gasteiger partial charge >= 0.3 is 6.09 Å². The molecule has 1 heterocycles. The third-order valence-corrected chi connectivity index (χ3v) is 11.2. The van der Waals surface area contributed by atoms with E-state index in [1.165, 1.54) is 4.90 Å². The zero-order valence-corrected chi connectivity index (χ0v) is 22.8. The van der Waals surface area contributed by atoms with E-state index in [0.717, 1.165) is 0 Å². The van der Waals surface area contributed by atoms with Crippen LogP contribution in [-0.4, -0.2) is 57.0 Å². The van der Waals surface area contributed by atoms with Crippen molar-refractivity contribution in [3.8, 4) is 0 Å². The largest absolute Gasteiger partial charge is 0.444 e. The van der Waals surface area contributed by atoms with Gasteiger partial charge in [0, 0.05) is 6.54 Å². The number of hydrogen-bond donors (Lipinski definition) is 0. The number of nitrogens with zero attached hydrogens (tertiary/aromatic N) is 1. The van der Waals surface area contributed by atoms with Crippen LogP contribution in [0.25, 0.3) is 0 Å². The maximum absolute atomic E-state index is 13.7. The lowest BCUT2D eigenvalue weighted by molar-refractivity contribution is -0.148. The summed E-state index contributed by atoms with van der Waals surface area (Å²) in [7, 11) is -2.21. The van der Waals surface area contributed by atoms with Crippen LogP contribution in [0.1, 0.15) is 47.1 Å². The number of benzene rings is 1. The van der Waals surface area contributed by atoms with Crippen molar-refractivity contribution in [2.24, 2.45) is 0 Å². The van der Waals surface area contributed by atoms with Crippen LogP contribution < -0.4 is 0 Å². The topological polar surface area (TPSA) is 65.1 Å². The normalized spacial score (nSPS) is 20.8. The molecule has 1 saturated heterocycles. The van der Waals surface area contributed by atoms with Gasteiger partial charge in [-0.3, -0.25) is 9.69 Å². The number of carbonyl (C=O) groups is 2. The monoisotopic (exact) mass is 503 g/mol. The molecule has 0 bridgehead atoms. The van der Waals surface area contributed by atoms with Gasteiger partial charge in [-0.2, -0.15) is 0 Å². The first-order valence-electron chi connectivity index (χ1n) is 10.7. The summed E-state index contributed by atoms with van der Waals surface area (Å²) >= 11 is 12.4. The quantitative estimate of drug-likeness (QED) is 0.468. The van der Waals surface area contributed by atoms with Crippen molar-refractivity contribution in [2.45, 2.75) is 70.9 Å². The highest BCUT2D eigenvalue weighted by molar-refractivity contribution is 6.74. The average molecular weight is 505 g/mol. The fourth-order valence-corrected chi connectivity index (χ4v) is 4.26. The van der Waals surface area contributed by atoms with E-state index in [4.69, 9.17) is 37.1 Å². The molecule has 6 nitrogen and oxygen atoms in total. The van der Waals surface area contributed by atoms with E-state index in [-0.39, 0.29) is 37.1 Å². The second-order valence-electron chi connectivity index (χ2n) is 10.7. The Balaban J connectivity index is 2.43. The molecule has 180 valence electrons. The lowest BCUT2D eigenvalue weighted by Crippen LogP contribution is -2.51. The minimum absolute atomic E-state index is 0.0302. The maximum atomic E-state index is 13.7. The van der Waals surface area contributed by atoms with Crippen LogP contribution >= 0.6 is 23.2 Å². The molecule has 0 aliphatic carbocycles. The summed E-state index contributed by atoms with van der Waals surface area (Å²) in [6, 6.07) is 5.00. The van der Waals surface area contributed by atoms with Gasteiger partial charge in [0.25, 0.3) is 0 Å². The van der Waals surface area contributed by atoms with E-state index in [9.17, 15) is 9.59 Å². The van der Waals surface area contributed by atoms with Crippen LogP contribution in [0, 0.1) is 0 Å². The smallest absolute Gasteiger partial charge is 0.410 e. The minimum atomic E-state index is -2.21. The van der Waals surface area contributed by atoms with Gasteiger partial charge in [-0.1, -0.05) is 50.0 Å². The lowest BCUT2D eigenvalue weighted by atomic mass is 9.89. The molecule has 1 aliphatic rings. The van der Waals surface area contributed by atoms with Crippen molar-refractivity contribution in [3.05, 3.63) is 33.8 Å². The summed E-state index contributed by atoms with van der Waals surface area (Å²) in [5, 5.41) is 0.648. The Hall–Kier alpha value is -1.12. The van der Waals surface area contributed by atoms with Crippen LogP contribution in [-0.2, 0) is 24.3 Å². The van der Waals surface area contributed by atoms with Gasteiger partial charge in [0.2, 0.25) is 0 Å². The highest BCUT2D eigenvalue weighted by atomic mass is 35.5. The molecule has 0 radical (unpaired) electrons. The third-order valence-electron chi connectivity index (χ3n) is 5.97. The summed E-state index contributed by atoms with van der Waals surface area (Å²) in [6.07, 6.45) is -0.551. The van der Waals surface area contributed by atoms with Gasteiger partial charge in [-0.15, -0.1) is 0 Å². The second-order valence-corrected chi connectivity index (χ2v) is 16.3. The number of carbonyl (C=O) groups excluding carboxylic acids is 2. The molecule has 0 aromatic heterocycles. The average Bonchev–Trinajstić information content (AvgIpc) is 2.80. The molecule has 1 atom stereocenters. The summed E-state index contributed by atoms with van der Waals surface area (Å²) in [4.78, 5) is 27.7. The third kappa shape index (κ3) is 6.26. The molecule has 9 heteroatoms. The molecule has 0 spiro atoms. The van der Waals surface area contributed by atoms with Gasteiger partial charge in [0.15, 0.2) is 19.7 Å². The van der Waals surface area contributed by atoms with Gasteiger partial charge in [-0.25, -0.2) is 4.79 Å². The Kier molecular flexibility index (Phi) is 8.16. The van der Waals surface area contributed by atoms with E-state index in [0.29, 0.717) is 15.6 Å². The second kappa shape index (κ2) is 9.62. The molecular formula is C23H35Cl2NO5Si. The highest BCUT2D eigenvalue weighted by Gasteiger charge is 2.48. The van der Waals surface area contributed by atoms with Crippen molar-refractivity contribution in [2.75, 3.05) is 26.3 Å². The van der Waals surface area contributed by atoms with E-state index < -0.39 is 25.6 Å². The first-order valence-corrected chi connectivity index (χ1v) is 14.4. The number of ketones is 1. The highest BCUT2D eigenvalue weighted by Crippen LogP contribution is 2.40. The Morgan fingerprint density at radius 3 is 2.31 bits per heavy atom. The standard InChI is InChI=1S/C23H35Cl2NO5Si/c1-21(2,3)31-20(28)26-11-12-29-23(19(27)14-26,15-30-32(7,8)22(4,5)6)16-9-10-17(24)18(25)13-16/h9-10,13H,11-12,14-15H2,1-8H3. The van der Waals surface area contributed by atoms with E-state index in [1.54, 1.807) is 39.0 Å². The zero-order valence-electron chi connectivity index (χ0n) is 20.3. The molecule has 1 aliphatic heterocycles. The Labute approximate surface area is 202 Å². The number of rotatable bonds is 4. The molecule has 32 heavy (non-hydrogen) atoms. The van der Waals surface area contributed by atoms with Crippen molar-refractivity contribution in [3.63, 3.8) is 0 Å². The first-order chi connectivity index (χ1) is 14.5. The Bertz CT molecular complexity index is 863. The number of ether oxygens (including phenoxy) is 2. The van der Waals surface area contributed by atoms with Crippen LogP contribution in [0.2, 0.25) is 28.2 Å². The SMILES string of the molecule is CC(C)(C)OC(=O)N1CCOC(CO[Si](C)(C)C(C)(C)C)(c2ccc(Cl)c(Cl)c2)C(=O)C1. The molecular weight excluding hydrogens is 469 g/mol. The van der Waals surface area contributed by atoms with Crippen LogP contribution in [0.5, 0.6) is 0 Å². The van der Waals surface area contributed by atoms with Crippen molar-refractivity contribution in [1.82, 2.24) is 4.90 Å². The van der Waals surface area contributed by atoms with Crippen LogP contribution in [0.3, 0.4) is 0 Å². The van der Waals surface area contributed by atoms with Crippen LogP contribution in [0.4, 0.5) is 4.79 Å². The number of hydrogen-bond acceptors (Lipinski definition) is 5. The molecule has 1 amide bonds. The number of amides is 1. The van der Waals surface area contributed by atoms with Gasteiger partial charge < -0.3 is 13.9 Å². The number of halogens is 2. The first kappa shape index (κ1) is 27.1. The van der Waals surface area contributed by atoms with Crippen LogP contribution in [0.15, 0.2) is 18.2 Å². The molecule has 2 rings (SSSR count). The summed E-state index contributed by atoms with van der Waals surface area (Å²) in [5.41, 5.74) is -1.51. The van der Waals surface area contributed by atoms with Crippen molar-refractivity contribution in [1.29, 1.82) is 0 Å². The zero-order chi connectivity index (χ0) is 24.5. The van der Waals surface area contributed by atoms with Crippen molar-refractivity contribution >= 4 is 43.4 Å². The summed E-state index contributed by atoms with van der Waals surface area (Å²) < 4.78 is 18.1. The fraction of sp³-hybridized carbons (Fsp3) is 0.652. The molecule has 0 saturated carbocycles. The lowest BCUT2D eigenvalue weighted by Gasteiger charge is -2.40. The fourth-order valence-electron chi connectivity index (χ4n) is 2.97. The van der Waals surface area contributed by atoms with E-state index in [1.807, 2.05) is 0 Å². The number of Topliss-reactive ketones (excluding diaryl/α,β-unsaturated/α-hetero) is 1. The predicted molar refractivity (Wildman–Crippen MR) is 130 cm³/mol. The van der Waals surface area contributed by atoms with Gasteiger partial charge in [0.05, 0.1) is 29.8 Å². The van der Waals surface area contributed by atoms with Gasteiger partial charge in [0.1, 0.15) is 5.60 Å². The molecule has 1 fully saturated rings. The van der Waals surface area contributed by atoms with E-state index in [2.05, 4.69) is 33.9 Å². The summed E-state index contributed by atoms with van der Waals surface area (Å²) in [5.74, 6) is -0.294. The predicted octanol–water partition coefficient (Wildman–Crippen LogP) is 6.05. The molecule has 1 aromatic carbocycles.